The van der Waals surface area contributed by atoms with Crippen LogP contribution in [0.15, 0.2) is 76.3 Å². The lowest BCUT2D eigenvalue weighted by Crippen LogP contribution is -2.41. The highest BCUT2D eigenvalue weighted by molar-refractivity contribution is 6.02. The van der Waals surface area contributed by atoms with Gasteiger partial charge in [0.05, 0.1) is 19.4 Å². The molecule has 0 saturated carbocycles. The van der Waals surface area contributed by atoms with Gasteiger partial charge in [0.25, 0.3) is 5.91 Å². The third kappa shape index (κ3) is 6.87. The fraction of sp³-hybridized carbons (Fsp3) is 0.250. The number of halogens is 1. The van der Waals surface area contributed by atoms with Crippen LogP contribution in [0.2, 0.25) is 0 Å². The van der Waals surface area contributed by atoms with Crippen LogP contribution in [-0.4, -0.2) is 31.1 Å². The van der Waals surface area contributed by atoms with Crippen LogP contribution in [0.3, 0.4) is 0 Å². The summed E-state index contributed by atoms with van der Waals surface area (Å²) in [4.78, 5) is 16.7. The van der Waals surface area contributed by atoms with E-state index in [0.717, 1.165) is 5.56 Å². The van der Waals surface area contributed by atoms with Gasteiger partial charge in [-0.25, -0.2) is 9.38 Å². The zero-order valence-electron chi connectivity index (χ0n) is 18.1. The molecule has 7 nitrogen and oxygen atoms in total. The zero-order valence-corrected chi connectivity index (χ0v) is 18.1. The maximum absolute atomic E-state index is 13.8. The monoisotopic (exact) mass is 438 g/mol. The van der Waals surface area contributed by atoms with Crippen molar-refractivity contribution in [3.63, 3.8) is 0 Å². The first-order valence-corrected chi connectivity index (χ1v) is 10.4. The van der Waals surface area contributed by atoms with E-state index in [1.54, 1.807) is 36.4 Å². The van der Waals surface area contributed by atoms with Gasteiger partial charge in [0, 0.05) is 12.2 Å². The molecule has 168 valence electrons. The number of hydrogen-bond donors (Lipinski definition) is 3. The third-order valence-corrected chi connectivity index (χ3v) is 4.42. The maximum atomic E-state index is 13.8. The van der Waals surface area contributed by atoms with E-state index in [1.807, 2.05) is 32.0 Å². The van der Waals surface area contributed by atoms with Gasteiger partial charge in [-0.05, 0) is 55.8 Å². The number of rotatable bonds is 9. The second kappa shape index (κ2) is 11.5. The van der Waals surface area contributed by atoms with Crippen LogP contribution in [0.4, 0.5) is 10.1 Å². The van der Waals surface area contributed by atoms with Crippen molar-refractivity contribution in [1.82, 2.24) is 10.6 Å². The van der Waals surface area contributed by atoms with Crippen LogP contribution in [0, 0.1) is 5.82 Å². The molecule has 0 saturated heterocycles. The van der Waals surface area contributed by atoms with Gasteiger partial charge in [-0.3, -0.25) is 4.79 Å². The highest BCUT2D eigenvalue weighted by Crippen LogP contribution is 2.17. The van der Waals surface area contributed by atoms with Crippen LogP contribution < -0.4 is 20.7 Å². The Hall–Kier alpha value is -3.81. The first-order valence-electron chi connectivity index (χ1n) is 10.4. The number of anilines is 1. The van der Waals surface area contributed by atoms with Crippen LogP contribution >= 0.6 is 0 Å². The molecule has 2 aromatic carbocycles. The van der Waals surface area contributed by atoms with Crippen molar-refractivity contribution in [3.05, 3.63) is 84.1 Å². The van der Waals surface area contributed by atoms with Crippen molar-refractivity contribution in [2.24, 2.45) is 4.99 Å². The zero-order chi connectivity index (χ0) is 22.8. The molecule has 1 atom stereocenters. The number of furan rings is 1. The molecule has 0 aliphatic rings. The number of guanidine groups is 1. The van der Waals surface area contributed by atoms with Crippen LogP contribution in [0.1, 0.15) is 30.0 Å². The largest absolute Gasteiger partial charge is 0.486 e. The number of aliphatic imine (C=N–C) groups is 1. The molecule has 8 heteroatoms. The molecule has 3 rings (SSSR count). The number of nitrogens with zero attached hydrogens (tertiary/aromatic N) is 1. The molecular formula is C24H27FN4O3. The van der Waals surface area contributed by atoms with Gasteiger partial charge in [0.1, 0.15) is 6.10 Å². The predicted octanol–water partition coefficient (Wildman–Crippen LogP) is 4.19. The summed E-state index contributed by atoms with van der Waals surface area (Å²) in [7, 11) is 0. The molecule has 1 heterocycles. The number of benzene rings is 2. The van der Waals surface area contributed by atoms with E-state index < -0.39 is 0 Å². The highest BCUT2D eigenvalue weighted by Gasteiger charge is 2.10. The van der Waals surface area contributed by atoms with E-state index in [9.17, 15) is 9.18 Å². The summed E-state index contributed by atoms with van der Waals surface area (Å²) in [6, 6.07) is 17.0. The Balaban J connectivity index is 1.56. The van der Waals surface area contributed by atoms with E-state index >= 15 is 0 Å². The minimum atomic E-state index is -0.390. The Morgan fingerprint density at radius 1 is 1.12 bits per heavy atom. The molecule has 0 fully saturated rings. The van der Waals surface area contributed by atoms with Crippen molar-refractivity contribution in [3.8, 4) is 5.75 Å². The molecule has 0 radical (unpaired) electrons. The smallest absolute Gasteiger partial charge is 0.291 e. The molecule has 0 aliphatic heterocycles. The molecule has 0 spiro atoms. The van der Waals surface area contributed by atoms with Crippen LogP contribution in [0.25, 0.3) is 0 Å². The lowest BCUT2D eigenvalue weighted by atomic mass is 10.2. The number of ether oxygens (including phenoxy) is 1. The molecule has 1 amide bonds. The molecule has 1 unspecified atom stereocenters. The minimum Gasteiger partial charge on any atom is -0.486 e. The number of para-hydroxylation sites is 1. The first kappa shape index (κ1) is 22.9. The predicted molar refractivity (Wildman–Crippen MR) is 122 cm³/mol. The van der Waals surface area contributed by atoms with E-state index in [2.05, 4.69) is 20.9 Å². The molecule has 0 aliphatic carbocycles. The molecular weight excluding hydrogens is 411 g/mol. The van der Waals surface area contributed by atoms with Gasteiger partial charge in [0.15, 0.2) is 23.3 Å². The lowest BCUT2D eigenvalue weighted by Gasteiger charge is -2.18. The van der Waals surface area contributed by atoms with Gasteiger partial charge in [-0.2, -0.15) is 0 Å². The van der Waals surface area contributed by atoms with Crippen molar-refractivity contribution >= 4 is 17.6 Å². The van der Waals surface area contributed by atoms with Crippen molar-refractivity contribution in [1.29, 1.82) is 0 Å². The third-order valence-electron chi connectivity index (χ3n) is 4.42. The van der Waals surface area contributed by atoms with Gasteiger partial charge < -0.3 is 25.1 Å². The quantitative estimate of drug-likeness (QED) is 0.344. The summed E-state index contributed by atoms with van der Waals surface area (Å²) < 4.78 is 24.5. The van der Waals surface area contributed by atoms with Crippen LogP contribution in [-0.2, 0) is 6.54 Å². The number of carbonyl (C=O) groups is 1. The Kier molecular flexibility index (Phi) is 8.25. The van der Waals surface area contributed by atoms with Crippen molar-refractivity contribution in [2.75, 3.05) is 18.4 Å². The van der Waals surface area contributed by atoms with Crippen molar-refractivity contribution < 1.29 is 18.3 Å². The second-order valence-corrected chi connectivity index (χ2v) is 7.07. The van der Waals surface area contributed by atoms with Gasteiger partial charge >= 0.3 is 0 Å². The summed E-state index contributed by atoms with van der Waals surface area (Å²) in [5.74, 6) is 0.380. The Bertz CT molecular complexity index is 1040. The maximum Gasteiger partial charge on any atom is 0.291 e. The van der Waals surface area contributed by atoms with E-state index in [0.29, 0.717) is 31.3 Å². The fourth-order valence-electron chi connectivity index (χ4n) is 2.90. The molecule has 3 N–H and O–H groups in total. The molecule has 3 aromatic rings. The van der Waals surface area contributed by atoms with E-state index in [1.165, 1.54) is 12.3 Å². The summed E-state index contributed by atoms with van der Waals surface area (Å²) in [6.07, 6.45) is 1.19. The molecule has 32 heavy (non-hydrogen) atoms. The van der Waals surface area contributed by atoms with Gasteiger partial charge in [0.2, 0.25) is 0 Å². The number of carbonyl (C=O) groups excluding carboxylic acids is 1. The standard InChI is InChI=1S/C24H27FN4O3/c1-3-26-24(27-15-17(2)32-21-11-5-4-10-20(21)25)28-16-18-8-6-9-19(14-18)29-23(30)22-12-7-13-31-22/h4-14,17H,3,15-16H2,1-2H3,(H,29,30)(H2,26,27,28). The number of amides is 1. The van der Waals surface area contributed by atoms with Gasteiger partial charge in [-0.1, -0.05) is 24.3 Å². The summed E-state index contributed by atoms with van der Waals surface area (Å²) >= 11 is 0. The molecule has 0 bridgehead atoms. The van der Waals surface area contributed by atoms with Crippen molar-refractivity contribution in [2.45, 2.75) is 26.5 Å². The minimum absolute atomic E-state index is 0.220. The SMILES string of the molecule is CCNC(=NCc1cccc(NC(=O)c2ccco2)c1)NCC(C)Oc1ccccc1F. The topological polar surface area (TPSA) is 87.9 Å². The van der Waals surface area contributed by atoms with Crippen LogP contribution in [0.5, 0.6) is 5.75 Å². The lowest BCUT2D eigenvalue weighted by molar-refractivity contribution is 0.0996. The summed E-state index contributed by atoms with van der Waals surface area (Å²) in [5.41, 5.74) is 1.58. The Morgan fingerprint density at radius 3 is 2.72 bits per heavy atom. The average Bonchev–Trinajstić information content (AvgIpc) is 3.33. The van der Waals surface area contributed by atoms with E-state index in [-0.39, 0.29) is 29.3 Å². The highest BCUT2D eigenvalue weighted by atomic mass is 19.1. The Morgan fingerprint density at radius 2 is 1.97 bits per heavy atom. The summed E-state index contributed by atoms with van der Waals surface area (Å²) in [6.45, 7) is 5.37. The van der Waals surface area contributed by atoms with Gasteiger partial charge in [-0.15, -0.1) is 0 Å². The normalized spacial score (nSPS) is 12.2. The second-order valence-electron chi connectivity index (χ2n) is 7.07. The fourth-order valence-corrected chi connectivity index (χ4v) is 2.90. The van der Waals surface area contributed by atoms with E-state index in [4.69, 9.17) is 9.15 Å². The Labute approximate surface area is 186 Å². The summed E-state index contributed by atoms with van der Waals surface area (Å²) in [5, 5.41) is 9.19. The number of nitrogens with one attached hydrogen (secondary N) is 3. The number of hydrogen-bond acceptors (Lipinski definition) is 4. The average molecular weight is 439 g/mol. The first-order chi connectivity index (χ1) is 15.5. The molecule has 1 aromatic heterocycles.